The normalized spacial score (nSPS) is 10.6. The molecule has 0 saturated heterocycles. The molecule has 2 aromatic carbocycles. The zero-order chi connectivity index (χ0) is 25.1. The van der Waals surface area contributed by atoms with Crippen LogP contribution < -0.4 is 16.0 Å². The van der Waals surface area contributed by atoms with Crippen LogP contribution >= 0.6 is 0 Å². The van der Waals surface area contributed by atoms with Gasteiger partial charge in [-0.05, 0) is 48.9 Å². The lowest BCUT2D eigenvalue weighted by Crippen LogP contribution is -2.02. The fourth-order valence-corrected chi connectivity index (χ4v) is 3.96. The number of aryl methyl sites for hydroxylation is 1. The van der Waals surface area contributed by atoms with Crippen molar-refractivity contribution < 1.29 is 4.39 Å². The van der Waals surface area contributed by atoms with Crippen LogP contribution in [0.4, 0.5) is 33.2 Å². The average Bonchev–Trinajstić information content (AvgIpc) is 2.90. The molecule has 0 bridgehead atoms. The first kappa shape index (κ1) is 22.7. The van der Waals surface area contributed by atoms with Gasteiger partial charge < -0.3 is 16.0 Å². The number of rotatable bonds is 6. The van der Waals surface area contributed by atoms with Crippen LogP contribution in [0.3, 0.4) is 0 Å². The van der Waals surface area contributed by atoms with Gasteiger partial charge in [-0.1, -0.05) is 12.1 Å². The first-order valence-electron chi connectivity index (χ1n) is 11.1. The molecule has 0 unspecified atom stereocenters. The predicted molar refractivity (Wildman–Crippen MR) is 139 cm³/mol. The van der Waals surface area contributed by atoms with Crippen molar-refractivity contribution in [3.8, 4) is 17.3 Å². The molecule has 5 aromatic rings. The van der Waals surface area contributed by atoms with Gasteiger partial charge >= 0.3 is 0 Å². The van der Waals surface area contributed by atoms with Crippen molar-refractivity contribution in [1.82, 2.24) is 19.9 Å². The highest BCUT2D eigenvalue weighted by molar-refractivity contribution is 6.03. The summed E-state index contributed by atoms with van der Waals surface area (Å²) in [7, 11) is 1.80. The predicted octanol–water partition coefficient (Wildman–Crippen LogP) is 5.93. The number of hydrogen-bond acceptors (Lipinski definition) is 8. The summed E-state index contributed by atoms with van der Waals surface area (Å²) in [5.41, 5.74) is 4.09. The van der Waals surface area contributed by atoms with E-state index in [1.165, 1.54) is 18.5 Å². The van der Waals surface area contributed by atoms with Crippen molar-refractivity contribution in [3.05, 3.63) is 90.3 Å². The lowest BCUT2D eigenvalue weighted by Gasteiger charge is -2.17. The highest BCUT2D eigenvalue weighted by atomic mass is 19.1. The van der Waals surface area contributed by atoms with Gasteiger partial charge in [0.2, 0.25) is 0 Å². The van der Waals surface area contributed by atoms with E-state index in [0.717, 1.165) is 33.3 Å². The number of fused-ring (bicyclic) bond motifs is 1. The van der Waals surface area contributed by atoms with E-state index in [1.807, 2.05) is 49.4 Å². The van der Waals surface area contributed by atoms with Gasteiger partial charge in [0.05, 0.1) is 23.0 Å². The van der Waals surface area contributed by atoms with Crippen LogP contribution in [0.2, 0.25) is 0 Å². The first-order chi connectivity index (χ1) is 17.6. The molecule has 0 amide bonds. The maximum Gasteiger partial charge on any atom is 0.139 e. The number of nitriles is 1. The fourth-order valence-electron chi connectivity index (χ4n) is 3.96. The quantitative estimate of drug-likeness (QED) is 0.276. The minimum atomic E-state index is -0.496. The number of aromatic nitrogens is 4. The molecule has 0 radical (unpaired) electrons. The third-order valence-corrected chi connectivity index (χ3v) is 5.69. The smallest absolute Gasteiger partial charge is 0.139 e. The Kier molecular flexibility index (Phi) is 6.07. The van der Waals surface area contributed by atoms with Crippen molar-refractivity contribution >= 4 is 39.6 Å². The number of pyridine rings is 2. The summed E-state index contributed by atoms with van der Waals surface area (Å²) in [6, 6.07) is 17.6. The summed E-state index contributed by atoms with van der Waals surface area (Å²) in [6.45, 7) is 2.01. The lowest BCUT2D eigenvalue weighted by atomic mass is 10.0. The molecule has 0 fully saturated rings. The molecular formula is C27H21FN8. The van der Waals surface area contributed by atoms with Crippen LogP contribution in [-0.4, -0.2) is 27.0 Å². The summed E-state index contributed by atoms with van der Waals surface area (Å²) in [4.78, 5) is 17.7. The van der Waals surface area contributed by atoms with E-state index in [1.54, 1.807) is 25.5 Å². The number of nitrogens with one attached hydrogen (secondary N) is 3. The van der Waals surface area contributed by atoms with Crippen molar-refractivity contribution in [2.45, 2.75) is 6.92 Å². The topological polar surface area (TPSA) is 111 Å². The Labute approximate surface area is 206 Å². The molecule has 176 valence electrons. The van der Waals surface area contributed by atoms with E-state index in [-0.39, 0.29) is 5.56 Å². The van der Waals surface area contributed by atoms with Gasteiger partial charge in [-0.15, -0.1) is 0 Å². The number of benzene rings is 2. The largest absolute Gasteiger partial charge is 0.373 e. The van der Waals surface area contributed by atoms with Crippen LogP contribution in [0.5, 0.6) is 0 Å². The maximum absolute atomic E-state index is 14.0. The summed E-state index contributed by atoms with van der Waals surface area (Å²) in [5, 5.41) is 20.6. The number of halogens is 1. The van der Waals surface area contributed by atoms with Gasteiger partial charge in [0, 0.05) is 47.5 Å². The third-order valence-electron chi connectivity index (χ3n) is 5.69. The van der Waals surface area contributed by atoms with E-state index < -0.39 is 5.82 Å². The zero-order valence-electron chi connectivity index (χ0n) is 19.5. The Bertz CT molecular complexity index is 1630. The molecule has 36 heavy (non-hydrogen) atoms. The molecule has 0 atom stereocenters. The molecule has 8 nitrogen and oxygen atoms in total. The molecule has 0 saturated carbocycles. The number of nitrogens with zero attached hydrogens (tertiary/aromatic N) is 5. The minimum absolute atomic E-state index is 0.227. The molecular weight excluding hydrogens is 455 g/mol. The molecule has 0 aliphatic carbocycles. The molecule has 5 rings (SSSR count). The van der Waals surface area contributed by atoms with Gasteiger partial charge in [0.15, 0.2) is 0 Å². The van der Waals surface area contributed by atoms with E-state index in [0.29, 0.717) is 23.1 Å². The Balaban J connectivity index is 1.57. The maximum atomic E-state index is 14.0. The van der Waals surface area contributed by atoms with Crippen LogP contribution in [-0.2, 0) is 0 Å². The molecule has 0 aliphatic rings. The van der Waals surface area contributed by atoms with Crippen molar-refractivity contribution in [1.29, 1.82) is 5.26 Å². The van der Waals surface area contributed by atoms with Gasteiger partial charge in [0.25, 0.3) is 0 Å². The molecule has 0 aliphatic heterocycles. The SMILES string of the molecule is CNc1cc(-c2cccnc2Nc2c(C)ccc3c(Nc4cc(F)cc(C#N)c4)nccc23)ncn1. The van der Waals surface area contributed by atoms with Crippen molar-refractivity contribution in [2.24, 2.45) is 0 Å². The second-order valence-corrected chi connectivity index (χ2v) is 8.04. The molecule has 0 spiro atoms. The Morgan fingerprint density at radius 2 is 1.72 bits per heavy atom. The number of hydrogen-bond donors (Lipinski definition) is 3. The second kappa shape index (κ2) is 9.64. The summed E-state index contributed by atoms with van der Waals surface area (Å²) in [5.74, 6) is 1.39. The highest BCUT2D eigenvalue weighted by Crippen LogP contribution is 2.36. The zero-order valence-corrected chi connectivity index (χ0v) is 19.5. The average molecular weight is 477 g/mol. The van der Waals surface area contributed by atoms with Crippen LogP contribution in [0, 0.1) is 24.1 Å². The molecule has 3 N–H and O–H groups in total. The molecule has 9 heteroatoms. The Morgan fingerprint density at radius 1 is 0.861 bits per heavy atom. The third kappa shape index (κ3) is 4.48. The van der Waals surface area contributed by atoms with Gasteiger partial charge in [-0.25, -0.2) is 24.3 Å². The monoisotopic (exact) mass is 476 g/mol. The van der Waals surface area contributed by atoms with Gasteiger partial charge in [-0.2, -0.15) is 5.26 Å². The number of anilines is 5. The standard InChI is InChI=1S/C27H21FN8/c1-16-5-6-21-20(7-9-32-26(21)35-19-11-17(14-29)10-18(28)12-19)25(16)36-27-22(4-3-8-31-27)23-13-24(30-2)34-15-33-23/h3-13,15H,1-2H3,(H,31,36)(H,32,35)(H,30,33,34). The Hall–Kier alpha value is -5.10. The lowest BCUT2D eigenvalue weighted by molar-refractivity contribution is 0.628. The van der Waals surface area contributed by atoms with E-state index in [2.05, 4.69) is 35.9 Å². The minimum Gasteiger partial charge on any atom is -0.373 e. The van der Waals surface area contributed by atoms with Gasteiger partial charge in [0.1, 0.15) is 29.6 Å². The van der Waals surface area contributed by atoms with E-state index >= 15 is 0 Å². The fraction of sp³-hybridized carbons (Fsp3) is 0.0741. The van der Waals surface area contributed by atoms with Gasteiger partial charge in [-0.3, -0.25) is 0 Å². The molecule has 3 heterocycles. The van der Waals surface area contributed by atoms with Crippen LogP contribution in [0.15, 0.2) is 73.3 Å². The van der Waals surface area contributed by atoms with E-state index in [4.69, 9.17) is 0 Å². The van der Waals surface area contributed by atoms with Crippen molar-refractivity contribution in [2.75, 3.05) is 23.0 Å². The van der Waals surface area contributed by atoms with Crippen molar-refractivity contribution in [3.63, 3.8) is 0 Å². The molecule has 3 aromatic heterocycles. The highest BCUT2D eigenvalue weighted by Gasteiger charge is 2.14. The summed E-state index contributed by atoms with van der Waals surface area (Å²) >= 11 is 0. The summed E-state index contributed by atoms with van der Waals surface area (Å²) < 4.78 is 14.0. The second-order valence-electron chi connectivity index (χ2n) is 8.04. The Morgan fingerprint density at radius 3 is 2.56 bits per heavy atom. The van der Waals surface area contributed by atoms with Crippen LogP contribution in [0.25, 0.3) is 22.0 Å². The van der Waals surface area contributed by atoms with E-state index in [9.17, 15) is 9.65 Å². The van der Waals surface area contributed by atoms with Crippen LogP contribution in [0.1, 0.15) is 11.1 Å². The first-order valence-corrected chi connectivity index (χ1v) is 11.1. The summed E-state index contributed by atoms with van der Waals surface area (Å²) in [6.07, 6.45) is 4.91.